The van der Waals surface area contributed by atoms with E-state index in [0.717, 1.165) is 15.0 Å². The molecule has 116 valence electrons. The van der Waals surface area contributed by atoms with Crippen LogP contribution in [0.25, 0.3) is 10.1 Å². The molecule has 0 spiro atoms. The number of hydrogen-bond acceptors (Lipinski definition) is 4. The van der Waals surface area contributed by atoms with Gasteiger partial charge in [0, 0.05) is 17.8 Å². The van der Waals surface area contributed by atoms with Gasteiger partial charge >= 0.3 is 5.97 Å². The minimum absolute atomic E-state index is 0.0635. The zero-order chi connectivity index (χ0) is 15.5. The summed E-state index contributed by atoms with van der Waals surface area (Å²) in [4.78, 5) is 27.0. The second-order valence-corrected chi connectivity index (χ2v) is 6.55. The van der Waals surface area contributed by atoms with Crippen molar-refractivity contribution in [1.82, 2.24) is 4.90 Å². The van der Waals surface area contributed by atoms with Gasteiger partial charge in [-0.3, -0.25) is 9.59 Å². The van der Waals surface area contributed by atoms with Gasteiger partial charge in [-0.1, -0.05) is 18.2 Å². The van der Waals surface area contributed by atoms with Gasteiger partial charge in [-0.05, 0) is 37.3 Å². The van der Waals surface area contributed by atoms with Crippen molar-refractivity contribution in [3.05, 3.63) is 35.2 Å². The standard InChI is InChI=1S/C17H19NO3S/c1-2-21-17(20)12-7-9-18(10-8-12)16(19)15-11-13-5-3-4-6-14(13)22-15/h3-6,11-12H,2,7-10H2,1H3. The van der Waals surface area contributed by atoms with Gasteiger partial charge in [-0.25, -0.2) is 0 Å². The predicted octanol–water partition coefficient (Wildman–Crippen LogP) is 3.32. The number of benzene rings is 1. The number of fused-ring (bicyclic) bond motifs is 1. The molecule has 1 fully saturated rings. The maximum absolute atomic E-state index is 12.6. The lowest BCUT2D eigenvalue weighted by atomic mass is 9.97. The van der Waals surface area contributed by atoms with Gasteiger partial charge in [0.05, 0.1) is 17.4 Å². The van der Waals surface area contributed by atoms with Crippen LogP contribution in [0.3, 0.4) is 0 Å². The first-order chi connectivity index (χ1) is 10.7. The topological polar surface area (TPSA) is 46.6 Å². The Bertz CT molecular complexity index is 653. The van der Waals surface area contributed by atoms with E-state index in [1.165, 1.54) is 11.3 Å². The molecular formula is C17H19NO3S. The fourth-order valence-electron chi connectivity index (χ4n) is 2.82. The number of rotatable bonds is 3. The van der Waals surface area contributed by atoms with Crippen LogP contribution in [-0.4, -0.2) is 36.5 Å². The molecule has 0 bridgehead atoms. The molecule has 1 aromatic carbocycles. The molecule has 0 atom stereocenters. The molecule has 0 aliphatic carbocycles. The van der Waals surface area contributed by atoms with Gasteiger partial charge in [0.1, 0.15) is 0 Å². The number of ether oxygens (including phenoxy) is 1. The number of likely N-dealkylation sites (tertiary alicyclic amines) is 1. The molecule has 0 unspecified atom stereocenters. The van der Waals surface area contributed by atoms with Crippen molar-refractivity contribution < 1.29 is 14.3 Å². The second kappa shape index (κ2) is 6.48. The smallest absolute Gasteiger partial charge is 0.309 e. The summed E-state index contributed by atoms with van der Waals surface area (Å²) in [5.41, 5.74) is 0. The summed E-state index contributed by atoms with van der Waals surface area (Å²) >= 11 is 1.53. The van der Waals surface area contributed by atoms with E-state index in [1.54, 1.807) is 0 Å². The minimum atomic E-state index is -0.128. The quantitative estimate of drug-likeness (QED) is 0.816. The molecule has 1 aliphatic heterocycles. The Morgan fingerprint density at radius 1 is 1.27 bits per heavy atom. The SMILES string of the molecule is CCOC(=O)C1CCN(C(=O)c2cc3ccccc3s2)CC1. The largest absolute Gasteiger partial charge is 0.466 e. The third-order valence-electron chi connectivity index (χ3n) is 4.04. The van der Waals surface area contributed by atoms with Crippen molar-refractivity contribution in [2.45, 2.75) is 19.8 Å². The highest BCUT2D eigenvalue weighted by Crippen LogP contribution is 2.28. The Morgan fingerprint density at radius 3 is 2.68 bits per heavy atom. The van der Waals surface area contributed by atoms with Crippen LogP contribution in [0.15, 0.2) is 30.3 Å². The van der Waals surface area contributed by atoms with E-state index in [-0.39, 0.29) is 17.8 Å². The Hall–Kier alpha value is -1.88. The first-order valence-electron chi connectivity index (χ1n) is 7.63. The second-order valence-electron chi connectivity index (χ2n) is 5.47. The normalized spacial score (nSPS) is 16.0. The van der Waals surface area contributed by atoms with Gasteiger partial charge in [0.15, 0.2) is 0 Å². The molecule has 1 aromatic heterocycles. The lowest BCUT2D eigenvalue weighted by molar-refractivity contribution is -0.149. The number of thiophene rings is 1. The number of amides is 1. The first kappa shape index (κ1) is 15.0. The molecule has 3 rings (SSSR count). The van der Waals surface area contributed by atoms with Crippen molar-refractivity contribution in [2.24, 2.45) is 5.92 Å². The summed E-state index contributed by atoms with van der Waals surface area (Å²) in [5.74, 6) is -0.119. The van der Waals surface area contributed by atoms with Crippen molar-refractivity contribution in [2.75, 3.05) is 19.7 Å². The number of esters is 1. The molecule has 1 aliphatic rings. The van der Waals surface area contributed by atoms with Crippen LogP contribution >= 0.6 is 11.3 Å². The summed E-state index contributed by atoms with van der Waals surface area (Å²) in [5, 5.41) is 1.11. The van der Waals surface area contributed by atoms with Crippen LogP contribution in [-0.2, 0) is 9.53 Å². The fourth-order valence-corrected chi connectivity index (χ4v) is 3.85. The van der Waals surface area contributed by atoms with Crippen LogP contribution in [0.4, 0.5) is 0 Å². The summed E-state index contributed by atoms with van der Waals surface area (Å²) in [6.07, 6.45) is 1.38. The van der Waals surface area contributed by atoms with Crippen molar-refractivity contribution in [1.29, 1.82) is 0 Å². The van der Waals surface area contributed by atoms with Gasteiger partial charge in [-0.15, -0.1) is 11.3 Å². The number of piperidine rings is 1. The Labute approximate surface area is 133 Å². The zero-order valence-corrected chi connectivity index (χ0v) is 13.4. The summed E-state index contributed by atoms with van der Waals surface area (Å²) in [6, 6.07) is 9.98. The Kier molecular flexibility index (Phi) is 4.43. The first-order valence-corrected chi connectivity index (χ1v) is 8.45. The zero-order valence-electron chi connectivity index (χ0n) is 12.6. The third-order valence-corrected chi connectivity index (χ3v) is 5.14. The van der Waals surface area contributed by atoms with Crippen molar-refractivity contribution >= 4 is 33.3 Å². The van der Waals surface area contributed by atoms with Gasteiger partial charge in [0.25, 0.3) is 5.91 Å². The van der Waals surface area contributed by atoms with Gasteiger partial charge in [-0.2, -0.15) is 0 Å². The Balaban J connectivity index is 1.65. The highest BCUT2D eigenvalue weighted by molar-refractivity contribution is 7.20. The summed E-state index contributed by atoms with van der Waals surface area (Å²) < 4.78 is 6.19. The number of hydrogen-bond donors (Lipinski definition) is 0. The molecule has 5 heteroatoms. The summed E-state index contributed by atoms with van der Waals surface area (Å²) in [6.45, 7) is 3.48. The number of carbonyl (C=O) groups is 2. The number of carbonyl (C=O) groups excluding carboxylic acids is 2. The molecule has 1 saturated heterocycles. The number of nitrogens with zero attached hydrogens (tertiary/aromatic N) is 1. The predicted molar refractivity (Wildman–Crippen MR) is 87.1 cm³/mol. The molecule has 2 heterocycles. The van der Waals surface area contributed by atoms with Crippen LogP contribution in [0.2, 0.25) is 0 Å². The van der Waals surface area contributed by atoms with Gasteiger partial charge in [0.2, 0.25) is 0 Å². The molecular weight excluding hydrogens is 298 g/mol. The van der Waals surface area contributed by atoms with E-state index in [2.05, 4.69) is 0 Å². The Morgan fingerprint density at radius 2 is 2.00 bits per heavy atom. The molecule has 4 nitrogen and oxygen atoms in total. The average Bonchev–Trinajstić information content (AvgIpc) is 2.98. The van der Waals surface area contributed by atoms with Crippen molar-refractivity contribution in [3.8, 4) is 0 Å². The highest BCUT2D eigenvalue weighted by Gasteiger charge is 2.29. The molecule has 0 N–H and O–H groups in total. The van der Waals surface area contributed by atoms with Gasteiger partial charge < -0.3 is 9.64 Å². The average molecular weight is 317 g/mol. The van der Waals surface area contributed by atoms with Crippen LogP contribution in [0.5, 0.6) is 0 Å². The maximum atomic E-state index is 12.6. The van der Waals surface area contributed by atoms with E-state index < -0.39 is 0 Å². The van der Waals surface area contributed by atoms with E-state index in [4.69, 9.17) is 4.74 Å². The molecule has 1 amide bonds. The van der Waals surface area contributed by atoms with Crippen LogP contribution < -0.4 is 0 Å². The highest BCUT2D eigenvalue weighted by atomic mass is 32.1. The molecule has 0 saturated carbocycles. The van der Waals surface area contributed by atoms with Crippen LogP contribution in [0, 0.1) is 5.92 Å². The fraction of sp³-hybridized carbons (Fsp3) is 0.412. The van der Waals surface area contributed by atoms with E-state index >= 15 is 0 Å². The molecule has 2 aromatic rings. The lowest BCUT2D eigenvalue weighted by Gasteiger charge is -2.30. The maximum Gasteiger partial charge on any atom is 0.309 e. The van der Waals surface area contributed by atoms with E-state index in [1.807, 2.05) is 42.2 Å². The van der Waals surface area contributed by atoms with E-state index in [0.29, 0.717) is 32.5 Å². The lowest BCUT2D eigenvalue weighted by Crippen LogP contribution is -2.40. The van der Waals surface area contributed by atoms with Crippen LogP contribution in [0.1, 0.15) is 29.4 Å². The van der Waals surface area contributed by atoms with E-state index in [9.17, 15) is 9.59 Å². The molecule has 0 radical (unpaired) electrons. The third kappa shape index (κ3) is 2.99. The monoisotopic (exact) mass is 317 g/mol. The van der Waals surface area contributed by atoms with Crippen molar-refractivity contribution in [3.63, 3.8) is 0 Å². The summed E-state index contributed by atoms with van der Waals surface area (Å²) in [7, 11) is 0. The minimum Gasteiger partial charge on any atom is -0.466 e. The molecule has 22 heavy (non-hydrogen) atoms.